The van der Waals surface area contributed by atoms with Crippen molar-refractivity contribution in [2.75, 3.05) is 11.9 Å². The van der Waals surface area contributed by atoms with Crippen LogP contribution in [0.15, 0.2) is 95.8 Å². The summed E-state index contributed by atoms with van der Waals surface area (Å²) in [5.41, 5.74) is 1.24. The molecule has 19 nitrogen and oxygen atoms in total. The number of ether oxygens (including phenoxy) is 2. The maximum atomic E-state index is 14.3. The fourth-order valence-electron chi connectivity index (χ4n) is 8.29. The van der Waals surface area contributed by atoms with Gasteiger partial charge in [0.15, 0.2) is 5.11 Å². The van der Waals surface area contributed by atoms with E-state index in [0.717, 1.165) is 10.9 Å². The highest BCUT2D eigenvalue weighted by Crippen LogP contribution is 2.41. The van der Waals surface area contributed by atoms with E-state index < -0.39 is 89.8 Å². The fourth-order valence-corrected chi connectivity index (χ4v) is 8.55. The molecule has 2 aliphatic rings. The van der Waals surface area contributed by atoms with Gasteiger partial charge in [0.05, 0.1) is 48.0 Å². The summed E-state index contributed by atoms with van der Waals surface area (Å²) in [7, 11) is 0. The van der Waals surface area contributed by atoms with E-state index in [4.69, 9.17) is 26.7 Å². The molecule has 0 spiro atoms. The van der Waals surface area contributed by atoms with Crippen molar-refractivity contribution in [2.24, 2.45) is 5.92 Å². The number of pyridine rings is 2. The fraction of sp³-hybridized carbons (Fsp3) is 0.306. The van der Waals surface area contributed by atoms with E-state index in [0.29, 0.717) is 22.5 Å². The molecule has 1 unspecified atom stereocenters. The van der Waals surface area contributed by atoms with Gasteiger partial charge < -0.3 is 50.8 Å². The molecule has 7 N–H and O–H groups in total. The number of amides is 3. The van der Waals surface area contributed by atoms with Crippen molar-refractivity contribution in [3.8, 4) is 11.4 Å². The number of cyclic esters (lactones) is 1. The van der Waals surface area contributed by atoms with Gasteiger partial charge in [-0.3, -0.25) is 28.8 Å². The molecule has 0 bridgehead atoms. The predicted molar refractivity (Wildman–Crippen MR) is 254 cm³/mol. The van der Waals surface area contributed by atoms with Gasteiger partial charge in [-0.2, -0.15) is 0 Å². The minimum atomic E-state index is -2.07. The number of anilines is 1. The van der Waals surface area contributed by atoms with Crippen LogP contribution in [0.2, 0.25) is 0 Å². The topological polar surface area (TPSA) is 273 Å². The van der Waals surface area contributed by atoms with Gasteiger partial charge in [-0.05, 0) is 72.9 Å². The number of aromatic nitrogens is 2. The molecule has 0 saturated carbocycles. The number of hydrogen-bond donors (Lipinski definition) is 7. The van der Waals surface area contributed by atoms with Crippen LogP contribution < -0.4 is 32.1 Å². The maximum Gasteiger partial charge on any atom is 0.355 e. The zero-order valence-electron chi connectivity index (χ0n) is 37.7. The zero-order valence-corrected chi connectivity index (χ0v) is 38.5. The third-order valence-corrected chi connectivity index (χ3v) is 12.1. The second-order valence-electron chi connectivity index (χ2n) is 16.9. The number of nitrogens with one attached hydrogen (secondary N) is 5. The molecule has 0 fully saturated rings. The smallest absolute Gasteiger partial charge is 0.355 e. The lowest BCUT2D eigenvalue weighted by atomic mass is 9.85. The van der Waals surface area contributed by atoms with Gasteiger partial charge in [0.25, 0.3) is 11.5 Å². The van der Waals surface area contributed by atoms with E-state index >= 15 is 0 Å². The SMILES string of the molecule is CC[C@@]1(OC(=O)[C@@H](NC(=O)[C@H](CCC(=O)O)NC(=S)Nc2cccc(C(=O)NCC(=O)NC(CC(=O)O)c3ccccc3)c2)C(C)C)C(=O)OCc2c1cc1n(c2=O)Cc2cc3ccccc3nc2-1. The van der Waals surface area contributed by atoms with Gasteiger partial charge in [-0.15, -0.1) is 0 Å². The van der Waals surface area contributed by atoms with Crippen LogP contribution in [0.3, 0.4) is 0 Å². The van der Waals surface area contributed by atoms with E-state index in [-0.39, 0.29) is 59.9 Å². The second-order valence-corrected chi connectivity index (χ2v) is 17.3. The highest BCUT2D eigenvalue weighted by atomic mass is 32.1. The summed E-state index contributed by atoms with van der Waals surface area (Å²) in [6, 6.07) is 22.0. The highest BCUT2D eigenvalue weighted by molar-refractivity contribution is 7.80. The van der Waals surface area contributed by atoms with Crippen LogP contribution in [0.1, 0.15) is 85.1 Å². The van der Waals surface area contributed by atoms with Gasteiger partial charge in [0, 0.05) is 34.2 Å². The van der Waals surface area contributed by atoms with Crippen molar-refractivity contribution in [2.45, 2.75) is 83.3 Å². The van der Waals surface area contributed by atoms with Crippen LogP contribution in [0, 0.1) is 5.92 Å². The summed E-state index contributed by atoms with van der Waals surface area (Å²) in [5, 5.41) is 33.0. The number of carboxylic acids is 2. The summed E-state index contributed by atoms with van der Waals surface area (Å²) < 4.78 is 13.1. The molecule has 0 saturated heterocycles. The summed E-state index contributed by atoms with van der Waals surface area (Å²) in [6.07, 6.45) is -1.27. The van der Waals surface area contributed by atoms with E-state index in [2.05, 4.69) is 26.6 Å². The van der Waals surface area contributed by atoms with Crippen molar-refractivity contribution in [1.82, 2.24) is 30.8 Å². The maximum absolute atomic E-state index is 14.3. The van der Waals surface area contributed by atoms with E-state index in [9.17, 15) is 48.6 Å². The molecular formula is C49H49N7O12S. The largest absolute Gasteiger partial charge is 0.481 e. The van der Waals surface area contributed by atoms with Gasteiger partial charge in [-0.25, -0.2) is 14.6 Å². The lowest BCUT2D eigenvalue weighted by molar-refractivity contribution is -0.191. The van der Waals surface area contributed by atoms with Crippen LogP contribution in [0.4, 0.5) is 5.69 Å². The number of rotatable bonds is 18. The zero-order chi connectivity index (χ0) is 49.6. The third-order valence-electron chi connectivity index (χ3n) is 11.9. The van der Waals surface area contributed by atoms with E-state index in [1.165, 1.54) is 18.2 Å². The first-order valence-corrected chi connectivity index (χ1v) is 22.5. The number of hydrogen-bond acceptors (Lipinski definition) is 12. The van der Waals surface area contributed by atoms with Gasteiger partial charge in [0.1, 0.15) is 18.7 Å². The summed E-state index contributed by atoms with van der Waals surface area (Å²) in [4.78, 5) is 110. The Morgan fingerprint density at radius 2 is 1.64 bits per heavy atom. The molecule has 2 aromatic heterocycles. The standard InChI is InChI=1S/C49H49N7O12S/c1-4-49(33-21-37-42-30(19-28-13-8-9-16-34(28)53-42)24-56(37)45(64)32(33)25-67-47(49)66)68-46(65)41(26(2)3)55-44(63)35(17-18-39(58)59)54-48(69)51-31-15-10-14-29(20-31)43(62)50-23-38(57)52-36(22-40(60)61)27-11-6-5-7-12-27/h5-16,19-21,26,35-36,41H,4,17-18,22-25H2,1-3H3,(H,50,62)(H,52,57)(H,55,63)(H,58,59)(H,60,61)(H2,51,54,69)/t35-,36?,41-,49-/m0/s1. The van der Waals surface area contributed by atoms with E-state index in [1.807, 2.05) is 30.3 Å². The molecule has 4 heterocycles. The van der Waals surface area contributed by atoms with Crippen molar-refractivity contribution >= 4 is 75.5 Å². The number of para-hydroxylation sites is 1. The number of thiocarbonyl (C=S) groups is 1. The molecule has 3 aromatic carbocycles. The average Bonchev–Trinajstić information content (AvgIpc) is 3.68. The Bertz CT molecular complexity index is 2940. The average molecular weight is 960 g/mol. The molecule has 358 valence electrons. The first kappa shape index (κ1) is 48.9. The minimum Gasteiger partial charge on any atom is -0.481 e. The first-order valence-electron chi connectivity index (χ1n) is 22.1. The number of esters is 2. The van der Waals surface area contributed by atoms with Crippen LogP contribution in [0.25, 0.3) is 22.3 Å². The minimum absolute atomic E-state index is 0.109. The lowest BCUT2D eigenvalue weighted by Crippen LogP contribution is -2.56. The Labute approximate surface area is 400 Å². The number of nitrogens with zero attached hydrogens (tertiary/aromatic N) is 2. The van der Waals surface area contributed by atoms with Crippen LogP contribution in [0.5, 0.6) is 0 Å². The van der Waals surface area contributed by atoms with Gasteiger partial charge >= 0.3 is 23.9 Å². The molecule has 69 heavy (non-hydrogen) atoms. The molecule has 7 rings (SSSR count). The summed E-state index contributed by atoms with van der Waals surface area (Å²) in [5.74, 6) is -6.99. The molecule has 5 aromatic rings. The Balaban J connectivity index is 1.03. The van der Waals surface area contributed by atoms with Gasteiger partial charge in [-0.1, -0.05) is 75.4 Å². The molecule has 3 amide bonds. The second kappa shape index (κ2) is 20.9. The van der Waals surface area contributed by atoms with Crippen LogP contribution in [-0.4, -0.2) is 85.1 Å². The van der Waals surface area contributed by atoms with Gasteiger partial charge in [0.2, 0.25) is 17.4 Å². The van der Waals surface area contributed by atoms with Crippen molar-refractivity contribution in [3.05, 3.63) is 129 Å². The summed E-state index contributed by atoms with van der Waals surface area (Å²) in [6.45, 7) is 4.29. The Morgan fingerprint density at radius 1 is 0.899 bits per heavy atom. The molecule has 4 atom stereocenters. The first-order chi connectivity index (χ1) is 33.0. The van der Waals surface area contributed by atoms with E-state index in [1.54, 1.807) is 67.8 Å². The monoisotopic (exact) mass is 959 g/mol. The Kier molecular flexibility index (Phi) is 14.8. The summed E-state index contributed by atoms with van der Waals surface area (Å²) >= 11 is 5.49. The molecule has 2 aliphatic heterocycles. The number of fused-ring (bicyclic) bond motifs is 5. The van der Waals surface area contributed by atoms with Crippen LogP contribution >= 0.6 is 12.2 Å². The molecule has 0 aliphatic carbocycles. The quantitative estimate of drug-likeness (QED) is 0.0473. The number of benzene rings is 3. The Hall–Kier alpha value is -8.00. The number of carbonyl (C=O) groups excluding carboxylic acids is 5. The normalized spacial score (nSPS) is 15.8. The molecule has 0 radical (unpaired) electrons. The van der Waals surface area contributed by atoms with Crippen molar-refractivity contribution in [3.63, 3.8) is 0 Å². The highest BCUT2D eigenvalue weighted by Gasteiger charge is 2.51. The lowest BCUT2D eigenvalue weighted by Gasteiger charge is -2.37. The van der Waals surface area contributed by atoms with Crippen molar-refractivity contribution < 1.29 is 53.2 Å². The van der Waals surface area contributed by atoms with Crippen LogP contribution in [-0.2, 0) is 57.0 Å². The molecule has 20 heteroatoms. The van der Waals surface area contributed by atoms with Crippen molar-refractivity contribution in [1.29, 1.82) is 0 Å². The number of aliphatic carboxylic acids is 2. The third kappa shape index (κ3) is 10.9. The number of carboxylic acid groups (broad SMARTS) is 2. The predicted octanol–water partition coefficient (Wildman–Crippen LogP) is 4.05. The molecular weight excluding hydrogens is 911 g/mol. The number of carbonyl (C=O) groups is 7. The Morgan fingerprint density at radius 3 is 2.35 bits per heavy atom.